The Labute approximate surface area is 97.6 Å². The van der Waals surface area contributed by atoms with Crippen molar-refractivity contribution in [1.82, 2.24) is 5.32 Å². The Hall–Kier alpha value is -1.69. The van der Waals surface area contributed by atoms with E-state index in [9.17, 15) is 4.79 Å². The van der Waals surface area contributed by atoms with Crippen molar-refractivity contribution in [2.45, 2.75) is 26.2 Å². The minimum atomic E-state index is -0.478. The van der Waals surface area contributed by atoms with Crippen molar-refractivity contribution in [3.8, 4) is 12.3 Å². The molecule has 0 saturated heterocycles. The zero-order valence-electron chi connectivity index (χ0n) is 9.74. The maximum Gasteiger partial charge on any atom is 0.408 e. The van der Waals surface area contributed by atoms with Crippen LogP contribution in [0.3, 0.4) is 0 Å². The molecule has 1 N–H and O–H groups in total. The Morgan fingerprint density at radius 1 is 1.31 bits per heavy atom. The minimum absolute atomic E-state index is 0.0113. The number of alkyl carbamates (subject to hydrolysis) is 1. The number of carbonyl (C=O) groups excluding carboxylic acids is 1. The number of rotatable bonds is 7. The molecule has 0 fully saturated rings. The van der Waals surface area contributed by atoms with Gasteiger partial charge in [-0.2, -0.15) is 0 Å². The summed E-state index contributed by atoms with van der Waals surface area (Å²) < 4.78 is 4.62. The van der Waals surface area contributed by atoms with E-state index in [1.54, 1.807) is 0 Å². The molecule has 1 amide bonds. The van der Waals surface area contributed by atoms with Crippen molar-refractivity contribution < 1.29 is 9.53 Å². The third-order valence-corrected chi connectivity index (χ3v) is 1.72. The van der Waals surface area contributed by atoms with Crippen LogP contribution in [0.15, 0.2) is 24.3 Å². The van der Waals surface area contributed by atoms with E-state index in [1.807, 2.05) is 12.2 Å². The second-order valence-corrected chi connectivity index (χ2v) is 3.09. The lowest BCUT2D eigenvalue weighted by Crippen LogP contribution is -2.24. The van der Waals surface area contributed by atoms with Gasteiger partial charge in [0.15, 0.2) is 6.61 Å². The van der Waals surface area contributed by atoms with E-state index in [2.05, 4.69) is 35.0 Å². The summed E-state index contributed by atoms with van der Waals surface area (Å²) in [7, 11) is 0. The molecule has 0 spiro atoms. The molecule has 0 rings (SSSR count). The molecule has 0 aliphatic rings. The number of ether oxygens (including phenoxy) is 1. The standard InChI is InChI=1S/C13H19NO2/c1-3-5-6-7-8-9-10-11-14-13(15)16-12-4-2/h2,5-6,9-10H,3,7-8,11-12H2,1H3,(H,14,15). The third-order valence-electron chi connectivity index (χ3n) is 1.72. The van der Waals surface area contributed by atoms with Gasteiger partial charge >= 0.3 is 6.09 Å². The SMILES string of the molecule is C#CCOC(=O)NCC=CCCC=CCC. The van der Waals surface area contributed by atoms with Gasteiger partial charge in [0.1, 0.15) is 0 Å². The van der Waals surface area contributed by atoms with Gasteiger partial charge in [0.2, 0.25) is 0 Å². The van der Waals surface area contributed by atoms with Crippen molar-refractivity contribution in [3.05, 3.63) is 24.3 Å². The van der Waals surface area contributed by atoms with Gasteiger partial charge in [-0.25, -0.2) is 4.79 Å². The molecule has 16 heavy (non-hydrogen) atoms. The van der Waals surface area contributed by atoms with Crippen molar-refractivity contribution in [3.63, 3.8) is 0 Å². The van der Waals surface area contributed by atoms with Gasteiger partial charge in [-0.1, -0.05) is 37.1 Å². The Bertz CT molecular complexity index is 274. The number of unbranched alkanes of at least 4 members (excludes halogenated alkanes) is 1. The highest BCUT2D eigenvalue weighted by Gasteiger charge is 1.95. The van der Waals surface area contributed by atoms with Gasteiger partial charge in [0.25, 0.3) is 0 Å². The third kappa shape index (κ3) is 10.4. The molecule has 0 aliphatic heterocycles. The lowest BCUT2D eigenvalue weighted by molar-refractivity contribution is 0.161. The molecule has 88 valence electrons. The number of carbonyl (C=O) groups is 1. The number of hydrogen-bond acceptors (Lipinski definition) is 2. The Morgan fingerprint density at radius 3 is 2.62 bits per heavy atom. The molecular formula is C13H19NO2. The topological polar surface area (TPSA) is 38.3 Å². The number of nitrogens with one attached hydrogen (secondary N) is 1. The van der Waals surface area contributed by atoms with E-state index in [4.69, 9.17) is 6.42 Å². The Balaban J connectivity index is 3.37. The summed E-state index contributed by atoms with van der Waals surface area (Å²) in [6.07, 6.45) is 15.8. The monoisotopic (exact) mass is 221 g/mol. The predicted molar refractivity (Wildman–Crippen MR) is 66.0 cm³/mol. The van der Waals surface area contributed by atoms with Crippen LogP contribution in [-0.4, -0.2) is 19.2 Å². The van der Waals surface area contributed by atoms with Crippen LogP contribution >= 0.6 is 0 Å². The van der Waals surface area contributed by atoms with E-state index >= 15 is 0 Å². The number of terminal acetylenes is 1. The Kier molecular flexibility index (Phi) is 10.2. The number of allylic oxidation sites excluding steroid dienone is 3. The molecule has 0 unspecified atom stereocenters. The maximum absolute atomic E-state index is 10.9. The molecule has 0 aliphatic carbocycles. The lowest BCUT2D eigenvalue weighted by atomic mass is 10.2. The van der Waals surface area contributed by atoms with Crippen LogP contribution in [-0.2, 0) is 4.74 Å². The summed E-state index contributed by atoms with van der Waals surface area (Å²) >= 11 is 0. The van der Waals surface area contributed by atoms with Gasteiger partial charge in [-0.15, -0.1) is 6.42 Å². The molecule has 0 aromatic carbocycles. The lowest BCUT2D eigenvalue weighted by Gasteiger charge is -2.00. The highest BCUT2D eigenvalue weighted by molar-refractivity contribution is 5.67. The fraction of sp³-hybridized carbons (Fsp3) is 0.462. The van der Waals surface area contributed by atoms with E-state index in [0.29, 0.717) is 6.54 Å². The molecule has 0 aromatic heterocycles. The van der Waals surface area contributed by atoms with Gasteiger partial charge in [-0.05, 0) is 19.3 Å². The second kappa shape index (κ2) is 11.4. The minimum Gasteiger partial charge on any atom is -0.436 e. The summed E-state index contributed by atoms with van der Waals surface area (Å²) in [6, 6.07) is 0. The summed E-state index contributed by atoms with van der Waals surface area (Å²) in [5.41, 5.74) is 0. The smallest absolute Gasteiger partial charge is 0.408 e. The zero-order chi connectivity index (χ0) is 12.1. The molecule has 0 aromatic rings. The molecule has 0 radical (unpaired) electrons. The van der Waals surface area contributed by atoms with E-state index in [-0.39, 0.29) is 6.61 Å². The number of hydrogen-bond donors (Lipinski definition) is 1. The zero-order valence-corrected chi connectivity index (χ0v) is 9.74. The van der Waals surface area contributed by atoms with E-state index < -0.39 is 6.09 Å². The fourth-order valence-corrected chi connectivity index (χ4v) is 0.979. The first kappa shape index (κ1) is 14.3. The first-order valence-electron chi connectivity index (χ1n) is 5.45. The Morgan fingerprint density at radius 2 is 2.00 bits per heavy atom. The fourth-order valence-electron chi connectivity index (χ4n) is 0.979. The quantitative estimate of drug-likeness (QED) is 0.408. The normalized spacial score (nSPS) is 10.5. The largest absolute Gasteiger partial charge is 0.436 e. The molecule has 0 saturated carbocycles. The van der Waals surface area contributed by atoms with Crippen LogP contribution in [0.5, 0.6) is 0 Å². The summed E-state index contributed by atoms with van der Waals surface area (Å²) in [6.45, 7) is 2.59. The highest BCUT2D eigenvalue weighted by Crippen LogP contribution is 1.93. The average molecular weight is 221 g/mol. The van der Waals surface area contributed by atoms with Gasteiger partial charge in [-0.3, -0.25) is 0 Å². The van der Waals surface area contributed by atoms with Crippen LogP contribution in [0.1, 0.15) is 26.2 Å². The van der Waals surface area contributed by atoms with E-state index in [0.717, 1.165) is 19.3 Å². The summed E-state index contributed by atoms with van der Waals surface area (Å²) in [5.74, 6) is 2.22. The average Bonchev–Trinajstić information content (AvgIpc) is 2.30. The van der Waals surface area contributed by atoms with Gasteiger partial charge < -0.3 is 10.1 Å². The van der Waals surface area contributed by atoms with Crippen LogP contribution in [0.2, 0.25) is 0 Å². The van der Waals surface area contributed by atoms with Crippen LogP contribution in [0, 0.1) is 12.3 Å². The highest BCUT2D eigenvalue weighted by atomic mass is 16.5. The second-order valence-electron chi connectivity index (χ2n) is 3.09. The molecular weight excluding hydrogens is 202 g/mol. The van der Waals surface area contributed by atoms with E-state index in [1.165, 1.54) is 0 Å². The van der Waals surface area contributed by atoms with Crippen molar-refractivity contribution in [2.24, 2.45) is 0 Å². The molecule has 0 bridgehead atoms. The molecule has 0 atom stereocenters. The molecule has 3 heteroatoms. The van der Waals surface area contributed by atoms with Gasteiger partial charge in [0.05, 0.1) is 0 Å². The summed E-state index contributed by atoms with van der Waals surface area (Å²) in [5, 5.41) is 2.56. The predicted octanol–water partition coefficient (Wildman–Crippen LogP) is 2.65. The van der Waals surface area contributed by atoms with Crippen LogP contribution in [0.4, 0.5) is 4.79 Å². The molecule has 3 nitrogen and oxygen atoms in total. The first-order chi connectivity index (χ1) is 7.81. The van der Waals surface area contributed by atoms with Gasteiger partial charge in [0, 0.05) is 6.54 Å². The summed E-state index contributed by atoms with van der Waals surface area (Å²) in [4.78, 5) is 10.9. The first-order valence-corrected chi connectivity index (χ1v) is 5.45. The van der Waals surface area contributed by atoms with Crippen LogP contribution in [0.25, 0.3) is 0 Å². The van der Waals surface area contributed by atoms with Crippen molar-refractivity contribution in [1.29, 1.82) is 0 Å². The van der Waals surface area contributed by atoms with Crippen molar-refractivity contribution in [2.75, 3.05) is 13.2 Å². The van der Waals surface area contributed by atoms with Crippen LogP contribution < -0.4 is 5.32 Å². The van der Waals surface area contributed by atoms with Crippen molar-refractivity contribution >= 4 is 6.09 Å². The number of amides is 1. The maximum atomic E-state index is 10.9. The molecule has 0 heterocycles.